The van der Waals surface area contributed by atoms with Crippen LogP contribution in [0.1, 0.15) is 16.9 Å². The molecule has 12 heavy (non-hydrogen) atoms. The number of aryl methyl sites for hydroxylation is 1. The molecule has 0 spiro atoms. The van der Waals surface area contributed by atoms with Gasteiger partial charge in [-0.2, -0.15) is 0 Å². The lowest BCUT2D eigenvalue weighted by Gasteiger charge is -2.10. The molecule has 1 heterocycles. The van der Waals surface area contributed by atoms with Gasteiger partial charge in [-0.25, -0.2) is 0 Å². The fraction of sp³-hybridized carbons (Fsp3) is 0.444. The van der Waals surface area contributed by atoms with Crippen LogP contribution in [0.15, 0.2) is 18.2 Å². The van der Waals surface area contributed by atoms with E-state index in [-0.39, 0.29) is 0 Å². The van der Waals surface area contributed by atoms with Crippen molar-refractivity contribution in [3.05, 3.63) is 29.6 Å². The van der Waals surface area contributed by atoms with Crippen molar-refractivity contribution in [2.24, 2.45) is 5.73 Å². The number of nitrogens with zero attached hydrogens (tertiary/aromatic N) is 1. The summed E-state index contributed by atoms with van der Waals surface area (Å²) in [5, 5.41) is 0. The first-order valence-corrected chi connectivity index (χ1v) is 5.66. The lowest BCUT2D eigenvalue weighted by atomic mass is 10.2. The number of hydrogen-bond donors (Lipinski definition) is 1. The molecule has 0 saturated heterocycles. The summed E-state index contributed by atoms with van der Waals surface area (Å²) in [7, 11) is 0.835. The summed E-state index contributed by atoms with van der Waals surface area (Å²) in [5.74, 6) is 0. The molecule has 0 amide bonds. The molecular formula is C9H14N2Si. The molecule has 0 fully saturated rings. The fourth-order valence-electron chi connectivity index (χ4n) is 1.14. The second-order valence-electron chi connectivity index (χ2n) is 2.78. The molecule has 3 heteroatoms. The van der Waals surface area contributed by atoms with E-state index in [0.717, 1.165) is 20.9 Å². The van der Waals surface area contributed by atoms with Crippen LogP contribution in [-0.2, 0) is 0 Å². The van der Waals surface area contributed by atoms with Crippen LogP contribution >= 0.6 is 0 Å². The van der Waals surface area contributed by atoms with Crippen LogP contribution in [0, 0.1) is 6.92 Å². The van der Waals surface area contributed by atoms with E-state index in [1.165, 1.54) is 0 Å². The van der Waals surface area contributed by atoms with Gasteiger partial charge in [0, 0.05) is 26.4 Å². The molecule has 2 nitrogen and oxygen atoms in total. The van der Waals surface area contributed by atoms with Crippen molar-refractivity contribution in [1.29, 1.82) is 0 Å². The van der Waals surface area contributed by atoms with Crippen LogP contribution in [-0.4, -0.2) is 21.0 Å². The summed E-state index contributed by atoms with van der Waals surface area (Å²) in [5.41, 5.74) is 8.29. The van der Waals surface area contributed by atoms with Gasteiger partial charge in [0.1, 0.15) is 0 Å². The third kappa shape index (κ3) is 2.15. The molecule has 1 unspecified atom stereocenters. The molecule has 0 bridgehead atoms. The molecule has 0 aliphatic heterocycles. The highest BCUT2D eigenvalue weighted by Gasteiger charge is 2.08. The van der Waals surface area contributed by atoms with Crippen molar-refractivity contribution in [2.45, 2.75) is 19.0 Å². The van der Waals surface area contributed by atoms with E-state index < -0.39 is 0 Å². The molecule has 0 aliphatic carbocycles. The molecule has 2 N–H and O–H groups in total. The molecule has 0 aliphatic rings. The van der Waals surface area contributed by atoms with E-state index in [1.54, 1.807) is 0 Å². The van der Waals surface area contributed by atoms with Gasteiger partial charge < -0.3 is 5.73 Å². The van der Waals surface area contributed by atoms with Gasteiger partial charge in [0.05, 0.1) is 0 Å². The van der Waals surface area contributed by atoms with Gasteiger partial charge >= 0.3 is 0 Å². The largest absolute Gasteiger partial charge is 0.330 e. The minimum absolute atomic E-state index is 0.449. The third-order valence-electron chi connectivity index (χ3n) is 1.85. The maximum atomic E-state index is 5.63. The molecule has 64 valence electrons. The molecule has 0 aromatic carbocycles. The first-order chi connectivity index (χ1) is 5.77. The zero-order valence-electron chi connectivity index (χ0n) is 7.54. The van der Waals surface area contributed by atoms with Crippen molar-refractivity contribution in [2.75, 3.05) is 6.54 Å². The van der Waals surface area contributed by atoms with Gasteiger partial charge in [-0.3, -0.25) is 4.98 Å². The lowest BCUT2D eigenvalue weighted by molar-refractivity contribution is 0.869. The quantitative estimate of drug-likeness (QED) is 0.705. The topological polar surface area (TPSA) is 38.9 Å². The predicted molar refractivity (Wildman–Crippen MR) is 52.4 cm³/mol. The average molecular weight is 178 g/mol. The maximum Gasteiger partial charge on any atom is 0.0476 e. The summed E-state index contributed by atoms with van der Waals surface area (Å²) in [4.78, 5) is 4.44. The SMILES string of the molecule is C[Si]C(CN)c1cccc(C)n1. The van der Waals surface area contributed by atoms with E-state index in [4.69, 9.17) is 5.73 Å². The summed E-state index contributed by atoms with van der Waals surface area (Å²) in [6.45, 7) is 4.88. The van der Waals surface area contributed by atoms with Crippen molar-refractivity contribution in [1.82, 2.24) is 4.98 Å². The second kappa shape index (κ2) is 4.38. The highest BCUT2D eigenvalue weighted by molar-refractivity contribution is 6.35. The number of nitrogens with two attached hydrogens (primary N) is 1. The lowest BCUT2D eigenvalue weighted by Crippen LogP contribution is -2.18. The Morgan fingerprint density at radius 1 is 1.58 bits per heavy atom. The Kier molecular flexibility index (Phi) is 3.43. The Morgan fingerprint density at radius 3 is 2.83 bits per heavy atom. The zero-order valence-corrected chi connectivity index (χ0v) is 8.54. The van der Waals surface area contributed by atoms with Crippen molar-refractivity contribution >= 4 is 9.52 Å². The number of pyridine rings is 1. The van der Waals surface area contributed by atoms with E-state index in [2.05, 4.69) is 17.6 Å². The Labute approximate surface area is 76.0 Å². The molecule has 1 rings (SSSR count). The summed E-state index contributed by atoms with van der Waals surface area (Å²) in [6.07, 6.45) is 0. The van der Waals surface area contributed by atoms with Gasteiger partial charge in [0.2, 0.25) is 0 Å². The monoisotopic (exact) mass is 178 g/mol. The van der Waals surface area contributed by atoms with E-state index in [1.807, 2.05) is 19.1 Å². The highest BCUT2D eigenvalue weighted by atomic mass is 28.2. The Morgan fingerprint density at radius 2 is 2.33 bits per heavy atom. The summed E-state index contributed by atoms with van der Waals surface area (Å²) < 4.78 is 0. The van der Waals surface area contributed by atoms with Crippen LogP contribution in [0.5, 0.6) is 0 Å². The van der Waals surface area contributed by atoms with E-state index in [0.29, 0.717) is 12.1 Å². The van der Waals surface area contributed by atoms with Gasteiger partial charge in [-0.05, 0) is 25.6 Å². The molecular weight excluding hydrogens is 164 g/mol. The van der Waals surface area contributed by atoms with Crippen LogP contribution in [0.2, 0.25) is 6.55 Å². The minimum atomic E-state index is 0.449. The molecule has 0 saturated carbocycles. The molecule has 1 aromatic heterocycles. The van der Waals surface area contributed by atoms with Crippen molar-refractivity contribution in [3.63, 3.8) is 0 Å². The fourth-order valence-corrected chi connectivity index (χ4v) is 1.84. The third-order valence-corrected chi connectivity index (χ3v) is 3.08. The zero-order chi connectivity index (χ0) is 8.97. The highest BCUT2D eigenvalue weighted by Crippen LogP contribution is 2.10. The first-order valence-electron chi connectivity index (χ1n) is 4.09. The number of aromatic nitrogens is 1. The van der Waals surface area contributed by atoms with Crippen LogP contribution in [0.3, 0.4) is 0 Å². The normalized spacial score (nSPS) is 12.9. The smallest absolute Gasteiger partial charge is 0.0476 e. The molecule has 1 aromatic rings. The van der Waals surface area contributed by atoms with Crippen LogP contribution in [0.4, 0.5) is 0 Å². The second-order valence-corrected chi connectivity index (χ2v) is 4.06. The number of rotatable bonds is 3. The van der Waals surface area contributed by atoms with Crippen molar-refractivity contribution in [3.8, 4) is 0 Å². The van der Waals surface area contributed by atoms with Gasteiger partial charge in [-0.1, -0.05) is 12.6 Å². The van der Waals surface area contributed by atoms with Gasteiger partial charge in [0.15, 0.2) is 0 Å². The number of hydrogen-bond acceptors (Lipinski definition) is 2. The Bertz CT molecular complexity index is 246. The summed E-state index contributed by atoms with van der Waals surface area (Å²) in [6, 6.07) is 6.11. The standard InChI is InChI=1S/C9H14N2Si/c1-7-4-3-5-8(11-7)9(6-10)12-2/h3-5,9H,6,10H2,1-2H3. The van der Waals surface area contributed by atoms with Gasteiger partial charge in [0.25, 0.3) is 0 Å². The predicted octanol–water partition coefficient (Wildman–Crippen LogP) is 1.14. The first kappa shape index (κ1) is 9.42. The van der Waals surface area contributed by atoms with Gasteiger partial charge in [-0.15, -0.1) is 0 Å². The maximum absolute atomic E-state index is 5.63. The van der Waals surface area contributed by atoms with Crippen LogP contribution < -0.4 is 5.73 Å². The van der Waals surface area contributed by atoms with Crippen LogP contribution in [0.25, 0.3) is 0 Å². The minimum Gasteiger partial charge on any atom is -0.330 e. The average Bonchev–Trinajstić information content (AvgIpc) is 2.07. The summed E-state index contributed by atoms with van der Waals surface area (Å²) >= 11 is 0. The Balaban J connectivity index is 2.85. The molecule has 2 radical (unpaired) electrons. The Hall–Kier alpha value is -0.673. The van der Waals surface area contributed by atoms with E-state index in [9.17, 15) is 0 Å². The molecule has 1 atom stereocenters. The van der Waals surface area contributed by atoms with Crippen molar-refractivity contribution < 1.29 is 0 Å². The van der Waals surface area contributed by atoms with E-state index >= 15 is 0 Å².